The van der Waals surface area contributed by atoms with Crippen LogP contribution in [0.5, 0.6) is 0 Å². The Labute approximate surface area is 82.2 Å². The Morgan fingerprint density at radius 3 is 3.00 bits per heavy atom. The van der Waals surface area contributed by atoms with E-state index in [1.54, 1.807) is 0 Å². The molecular weight excluding hydrogens is 207 g/mol. The zero-order chi connectivity index (χ0) is 9.31. The van der Waals surface area contributed by atoms with E-state index in [1.807, 2.05) is 24.3 Å². The van der Waals surface area contributed by atoms with Gasteiger partial charge in [0.25, 0.3) is 0 Å². The number of alkyl halides is 1. The third kappa shape index (κ3) is 1.54. The summed E-state index contributed by atoms with van der Waals surface area (Å²) in [7, 11) is -2.44. The summed E-state index contributed by atoms with van der Waals surface area (Å²) in [5, 5.41) is 0.899. The average molecular weight is 217 g/mol. The highest BCUT2D eigenvalue weighted by atomic mass is 35.5. The molecule has 0 fully saturated rings. The molecule has 13 heavy (non-hydrogen) atoms. The van der Waals surface area contributed by atoms with Gasteiger partial charge in [-0.05, 0) is 5.56 Å². The second kappa shape index (κ2) is 3.45. The van der Waals surface area contributed by atoms with Crippen molar-refractivity contribution < 1.29 is 9.30 Å². The third-order valence-electron chi connectivity index (χ3n) is 2.18. The van der Waals surface area contributed by atoms with Crippen LogP contribution in [0.2, 0.25) is 0 Å². The number of benzene rings is 1. The summed E-state index contributed by atoms with van der Waals surface area (Å²) in [4.78, 5) is 0. The van der Waals surface area contributed by atoms with Gasteiger partial charge in [-0.15, -0.1) is 11.6 Å². The molecule has 0 aliphatic carbocycles. The van der Waals surface area contributed by atoms with E-state index in [0.29, 0.717) is 6.61 Å². The lowest BCUT2D eigenvalue weighted by molar-refractivity contribution is 0.159. The van der Waals surface area contributed by atoms with Crippen molar-refractivity contribution in [2.45, 2.75) is 6.61 Å². The Hall–Kier alpha value is -0.300. The molecule has 4 heteroatoms. The molecule has 1 aromatic carbocycles. The van der Waals surface area contributed by atoms with Crippen LogP contribution in [-0.2, 0) is 15.9 Å². The number of hydrogen-bond acceptors (Lipinski definition) is 2. The van der Waals surface area contributed by atoms with Gasteiger partial charge in [0.05, 0.1) is 12.2 Å². The maximum atomic E-state index is 12.2. The molecule has 0 saturated heterocycles. The van der Waals surface area contributed by atoms with Crippen LogP contribution in [0.25, 0.3) is 0 Å². The summed E-state index contributed by atoms with van der Waals surface area (Å²) < 4.78 is 17.4. The van der Waals surface area contributed by atoms with Gasteiger partial charge >= 0.3 is 0 Å². The highest BCUT2D eigenvalue weighted by Gasteiger charge is 2.29. The minimum atomic E-state index is -2.44. The second-order valence-electron chi connectivity index (χ2n) is 3.12. The largest absolute Gasteiger partial charge is 0.369 e. The summed E-state index contributed by atoms with van der Waals surface area (Å²) in [6, 6.07) is 7.64. The van der Waals surface area contributed by atoms with Crippen LogP contribution < -0.4 is 5.30 Å². The second-order valence-corrected chi connectivity index (χ2v) is 6.59. The van der Waals surface area contributed by atoms with Crippen LogP contribution in [0.1, 0.15) is 5.56 Å². The fourth-order valence-corrected chi connectivity index (χ4v) is 3.84. The van der Waals surface area contributed by atoms with Gasteiger partial charge in [0.15, 0.2) is 7.14 Å². The van der Waals surface area contributed by atoms with Gasteiger partial charge in [0.1, 0.15) is 6.35 Å². The monoisotopic (exact) mass is 216 g/mol. The number of fused-ring (bicyclic) bond motifs is 1. The molecule has 2 rings (SSSR count). The molecule has 0 spiro atoms. The van der Waals surface area contributed by atoms with E-state index in [2.05, 4.69) is 0 Å². The first kappa shape index (κ1) is 9.26. The van der Waals surface area contributed by atoms with Gasteiger partial charge in [-0.1, -0.05) is 24.3 Å². The molecule has 0 saturated carbocycles. The van der Waals surface area contributed by atoms with Gasteiger partial charge in [0.2, 0.25) is 0 Å². The van der Waals surface area contributed by atoms with Crippen LogP contribution in [-0.4, -0.2) is 12.0 Å². The van der Waals surface area contributed by atoms with Crippen LogP contribution in [0.3, 0.4) is 0 Å². The molecule has 0 bridgehead atoms. The fraction of sp³-hybridized carbons (Fsp3) is 0.333. The van der Waals surface area contributed by atoms with Gasteiger partial charge in [-0.25, -0.2) is 0 Å². The minimum Gasteiger partial charge on any atom is -0.369 e. The van der Waals surface area contributed by atoms with Crippen LogP contribution in [0.4, 0.5) is 0 Å². The lowest BCUT2D eigenvalue weighted by Gasteiger charge is -2.24. The Bertz CT molecular complexity index is 364. The van der Waals surface area contributed by atoms with E-state index in [0.717, 1.165) is 10.9 Å². The van der Waals surface area contributed by atoms with Crippen LogP contribution >= 0.6 is 18.7 Å². The zero-order valence-corrected chi connectivity index (χ0v) is 8.72. The molecule has 1 aliphatic rings. The van der Waals surface area contributed by atoms with Gasteiger partial charge in [-0.3, -0.25) is 0 Å². The number of halogens is 1. The Balaban J connectivity index is 2.55. The molecule has 0 unspecified atom stereocenters. The molecule has 0 amide bonds. The molecule has 1 aliphatic heterocycles. The summed E-state index contributed by atoms with van der Waals surface area (Å²) >= 11 is 5.71. The molecule has 1 aromatic rings. The van der Waals surface area contributed by atoms with Gasteiger partial charge in [-0.2, -0.15) is 0 Å². The average Bonchev–Trinajstić information content (AvgIpc) is 2.19. The highest BCUT2D eigenvalue weighted by Crippen LogP contribution is 2.48. The molecule has 0 aromatic heterocycles. The summed E-state index contributed by atoms with van der Waals surface area (Å²) in [6.45, 7) is 0.553. The van der Waals surface area contributed by atoms with Crippen molar-refractivity contribution in [2.75, 3.05) is 12.0 Å². The Kier molecular flexibility index (Phi) is 2.46. The maximum absolute atomic E-state index is 12.2. The predicted molar refractivity (Wildman–Crippen MR) is 54.1 cm³/mol. The van der Waals surface area contributed by atoms with Gasteiger partial charge in [0, 0.05) is 5.30 Å². The minimum absolute atomic E-state index is 0.171. The summed E-state index contributed by atoms with van der Waals surface area (Å²) in [5.74, 6) is 0. The van der Waals surface area contributed by atoms with Crippen molar-refractivity contribution >= 4 is 24.0 Å². The Morgan fingerprint density at radius 1 is 1.46 bits per heavy atom. The van der Waals surface area contributed by atoms with Crippen molar-refractivity contribution in [2.24, 2.45) is 0 Å². The first-order valence-corrected chi connectivity index (χ1v) is 6.68. The van der Waals surface area contributed by atoms with Crippen molar-refractivity contribution in [1.82, 2.24) is 0 Å². The first-order valence-electron chi connectivity index (χ1n) is 4.06. The van der Waals surface area contributed by atoms with E-state index >= 15 is 0 Å². The molecule has 1 heterocycles. The smallest absolute Gasteiger partial charge is 0.154 e. The van der Waals surface area contributed by atoms with Crippen LogP contribution in [0, 0.1) is 0 Å². The normalized spacial score (nSPS) is 26.8. The third-order valence-corrected chi connectivity index (χ3v) is 5.64. The fourth-order valence-electron chi connectivity index (χ4n) is 1.50. The van der Waals surface area contributed by atoms with Crippen LogP contribution in [0.15, 0.2) is 24.3 Å². The standard InChI is InChI=1S/C9H10ClO2P/c10-6-13(11)7-12-5-8-3-1-2-4-9(8)13/h1-4H,5-7H2/t13-/m0/s1. The Morgan fingerprint density at radius 2 is 2.23 bits per heavy atom. The van der Waals surface area contributed by atoms with Crippen molar-refractivity contribution in [3.05, 3.63) is 29.8 Å². The summed E-state index contributed by atoms with van der Waals surface area (Å²) in [5.41, 5.74) is 1.18. The first-order chi connectivity index (χ1) is 6.26. The van der Waals surface area contributed by atoms with Crippen molar-refractivity contribution in [3.8, 4) is 0 Å². The topological polar surface area (TPSA) is 26.3 Å². The zero-order valence-electron chi connectivity index (χ0n) is 7.07. The van der Waals surface area contributed by atoms with E-state index in [1.165, 1.54) is 0 Å². The lowest BCUT2D eigenvalue weighted by atomic mass is 10.2. The number of hydrogen-bond donors (Lipinski definition) is 0. The number of rotatable bonds is 1. The van der Waals surface area contributed by atoms with Crippen molar-refractivity contribution in [1.29, 1.82) is 0 Å². The molecule has 2 nitrogen and oxygen atoms in total. The van der Waals surface area contributed by atoms with E-state index < -0.39 is 7.14 Å². The molecular formula is C9H10ClO2P. The summed E-state index contributed by atoms with van der Waals surface area (Å²) in [6.07, 6.45) is 0.285. The van der Waals surface area contributed by atoms with E-state index in [4.69, 9.17) is 16.3 Å². The quantitative estimate of drug-likeness (QED) is 0.532. The molecule has 0 N–H and O–H groups in total. The lowest BCUT2D eigenvalue weighted by Crippen LogP contribution is -2.21. The van der Waals surface area contributed by atoms with Crippen molar-refractivity contribution in [3.63, 3.8) is 0 Å². The maximum Gasteiger partial charge on any atom is 0.154 e. The number of ether oxygens (including phenoxy) is 1. The van der Waals surface area contributed by atoms with E-state index in [-0.39, 0.29) is 12.0 Å². The molecule has 0 radical (unpaired) electrons. The molecule has 1 atom stereocenters. The SMILES string of the molecule is O=[P@@]1(CCl)COCc2ccccc21. The molecule has 70 valence electrons. The highest BCUT2D eigenvalue weighted by molar-refractivity contribution is 7.72. The van der Waals surface area contributed by atoms with E-state index in [9.17, 15) is 4.57 Å². The van der Waals surface area contributed by atoms with Gasteiger partial charge < -0.3 is 9.30 Å². The predicted octanol–water partition coefficient (Wildman–Crippen LogP) is 2.36.